The van der Waals surface area contributed by atoms with Gasteiger partial charge < -0.3 is 5.32 Å². The first-order valence-corrected chi connectivity index (χ1v) is 8.03. The van der Waals surface area contributed by atoms with Crippen molar-refractivity contribution in [1.82, 2.24) is 5.32 Å². The van der Waals surface area contributed by atoms with Crippen LogP contribution in [0.4, 0.5) is 13.2 Å². The van der Waals surface area contributed by atoms with Crippen molar-refractivity contribution in [2.24, 2.45) is 0 Å². The van der Waals surface area contributed by atoms with Crippen LogP contribution in [-0.4, -0.2) is 5.91 Å². The highest BCUT2D eigenvalue weighted by atomic mass is 19.4. The Balaban J connectivity index is 1.99. The van der Waals surface area contributed by atoms with Gasteiger partial charge in [0.05, 0.1) is 11.6 Å². The van der Waals surface area contributed by atoms with Gasteiger partial charge in [0.2, 0.25) is 0 Å². The molecule has 26 heavy (non-hydrogen) atoms. The van der Waals surface area contributed by atoms with Crippen LogP contribution in [0.15, 0.2) is 84.9 Å². The molecule has 0 aromatic heterocycles. The van der Waals surface area contributed by atoms with Crippen LogP contribution in [0, 0.1) is 0 Å². The Morgan fingerprint density at radius 3 is 1.96 bits per heavy atom. The standard InChI is InChI=1S/C21H16F3NO/c22-21(23,24)18-13-7-12-17(14-18)19(15-8-3-1-4-9-15)25-20(26)16-10-5-2-6-11-16/h1-14,19H,(H,25,26). The van der Waals surface area contributed by atoms with Crippen LogP contribution < -0.4 is 5.32 Å². The Morgan fingerprint density at radius 1 is 0.769 bits per heavy atom. The molecule has 132 valence electrons. The van der Waals surface area contributed by atoms with E-state index < -0.39 is 17.8 Å². The number of rotatable bonds is 4. The molecule has 1 amide bonds. The van der Waals surface area contributed by atoms with E-state index in [0.717, 1.165) is 12.1 Å². The maximum absolute atomic E-state index is 13.1. The first-order chi connectivity index (χ1) is 12.4. The van der Waals surface area contributed by atoms with Crippen molar-refractivity contribution in [3.63, 3.8) is 0 Å². The Kier molecular flexibility index (Phi) is 5.07. The van der Waals surface area contributed by atoms with Gasteiger partial charge in [-0.2, -0.15) is 13.2 Å². The number of halogens is 3. The molecule has 0 saturated carbocycles. The molecule has 0 aliphatic rings. The van der Waals surface area contributed by atoms with Crippen molar-refractivity contribution in [1.29, 1.82) is 0 Å². The maximum Gasteiger partial charge on any atom is 0.416 e. The fraction of sp³-hybridized carbons (Fsp3) is 0.0952. The fourth-order valence-corrected chi connectivity index (χ4v) is 2.70. The molecule has 0 aliphatic heterocycles. The molecule has 0 bridgehead atoms. The summed E-state index contributed by atoms with van der Waals surface area (Å²) in [5.41, 5.74) is 0.775. The van der Waals surface area contributed by atoms with Crippen molar-refractivity contribution in [3.8, 4) is 0 Å². The molecule has 5 heteroatoms. The predicted octanol–water partition coefficient (Wildman–Crippen LogP) is 5.22. The molecule has 3 rings (SSSR count). The van der Waals surface area contributed by atoms with Gasteiger partial charge in [0.15, 0.2) is 0 Å². The summed E-state index contributed by atoms with van der Waals surface area (Å²) in [5, 5.41) is 2.84. The van der Waals surface area contributed by atoms with Crippen molar-refractivity contribution < 1.29 is 18.0 Å². The van der Waals surface area contributed by atoms with Gasteiger partial charge in [0.25, 0.3) is 5.91 Å². The molecule has 0 heterocycles. The lowest BCUT2D eigenvalue weighted by Gasteiger charge is -2.21. The van der Waals surface area contributed by atoms with E-state index >= 15 is 0 Å². The molecular formula is C21H16F3NO. The summed E-state index contributed by atoms with van der Waals surface area (Å²) in [5.74, 6) is -0.350. The van der Waals surface area contributed by atoms with Crippen LogP contribution in [0.3, 0.4) is 0 Å². The molecule has 0 aliphatic carbocycles. The smallest absolute Gasteiger partial charge is 0.341 e. The van der Waals surface area contributed by atoms with Crippen molar-refractivity contribution in [2.75, 3.05) is 0 Å². The minimum atomic E-state index is -4.44. The third-order valence-corrected chi connectivity index (χ3v) is 3.99. The number of carbonyl (C=O) groups is 1. The SMILES string of the molecule is O=C(NC(c1ccccc1)c1cccc(C(F)(F)F)c1)c1ccccc1. The Labute approximate surface area is 149 Å². The topological polar surface area (TPSA) is 29.1 Å². The first-order valence-electron chi connectivity index (χ1n) is 8.03. The first kappa shape index (κ1) is 17.7. The Hall–Kier alpha value is -3.08. The molecule has 3 aromatic rings. The molecule has 2 nitrogen and oxygen atoms in total. The number of hydrogen-bond donors (Lipinski definition) is 1. The minimum absolute atomic E-state index is 0.350. The Morgan fingerprint density at radius 2 is 1.35 bits per heavy atom. The lowest BCUT2D eigenvalue weighted by Crippen LogP contribution is -2.29. The largest absolute Gasteiger partial charge is 0.416 e. The highest BCUT2D eigenvalue weighted by Gasteiger charge is 2.31. The van der Waals surface area contributed by atoms with Gasteiger partial charge in [-0.3, -0.25) is 4.79 Å². The third-order valence-electron chi connectivity index (χ3n) is 3.99. The van der Waals surface area contributed by atoms with E-state index in [1.54, 1.807) is 60.7 Å². The van der Waals surface area contributed by atoms with Gasteiger partial charge in [-0.25, -0.2) is 0 Å². The lowest BCUT2D eigenvalue weighted by atomic mass is 9.96. The summed E-state index contributed by atoms with van der Waals surface area (Å²) >= 11 is 0. The Bertz CT molecular complexity index is 877. The maximum atomic E-state index is 13.1. The number of hydrogen-bond acceptors (Lipinski definition) is 1. The number of alkyl halides is 3. The van der Waals surface area contributed by atoms with Gasteiger partial charge in [0, 0.05) is 5.56 Å². The summed E-state index contributed by atoms with van der Waals surface area (Å²) in [6, 6.07) is 21.8. The normalized spacial score (nSPS) is 12.4. The molecule has 1 unspecified atom stereocenters. The summed E-state index contributed by atoms with van der Waals surface area (Å²) in [6.45, 7) is 0. The zero-order valence-electron chi connectivity index (χ0n) is 13.7. The van der Waals surface area contributed by atoms with E-state index in [4.69, 9.17) is 0 Å². The fourth-order valence-electron chi connectivity index (χ4n) is 2.70. The average molecular weight is 355 g/mol. The van der Waals surface area contributed by atoms with Crippen molar-refractivity contribution in [3.05, 3.63) is 107 Å². The van der Waals surface area contributed by atoms with E-state index in [-0.39, 0.29) is 5.91 Å². The number of amides is 1. The second-order valence-corrected chi connectivity index (χ2v) is 5.81. The number of carbonyl (C=O) groups excluding carboxylic acids is 1. The molecule has 0 fully saturated rings. The quantitative estimate of drug-likeness (QED) is 0.683. The van der Waals surface area contributed by atoms with E-state index in [9.17, 15) is 18.0 Å². The predicted molar refractivity (Wildman–Crippen MR) is 93.6 cm³/mol. The van der Waals surface area contributed by atoms with Crippen molar-refractivity contribution >= 4 is 5.91 Å². The third kappa shape index (κ3) is 4.11. The van der Waals surface area contributed by atoms with E-state index in [2.05, 4.69) is 5.32 Å². The number of benzene rings is 3. The summed E-state index contributed by atoms with van der Waals surface area (Å²) in [4.78, 5) is 12.6. The molecule has 0 saturated heterocycles. The monoisotopic (exact) mass is 355 g/mol. The number of nitrogens with one attached hydrogen (secondary N) is 1. The van der Waals surface area contributed by atoms with Gasteiger partial charge in [-0.05, 0) is 35.4 Å². The van der Waals surface area contributed by atoms with Gasteiger partial charge in [-0.15, -0.1) is 0 Å². The van der Waals surface area contributed by atoms with E-state index in [0.29, 0.717) is 16.7 Å². The molecule has 3 aromatic carbocycles. The highest BCUT2D eigenvalue weighted by molar-refractivity contribution is 5.94. The average Bonchev–Trinajstić information content (AvgIpc) is 2.67. The summed E-state index contributed by atoms with van der Waals surface area (Å²) in [7, 11) is 0. The lowest BCUT2D eigenvalue weighted by molar-refractivity contribution is -0.137. The second kappa shape index (κ2) is 7.44. The van der Waals surface area contributed by atoms with Crippen LogP contribution in [-0.2, 0) is 6.18 Å². The van der Waals surface area contributed by atoms with Gasteiger partial charge in [-0.1, -0.05) is 60.7 Å². The van der Waals surface area contributed by atoms with E-state index in [1.807, 2.05) is 6.07 Å². The van der Waals surface area contributed by atoms with Crippen LogP contribution in [0.1, 0.15) is 33.1 Å². The van der Waals surface area contributed by atoms with Crippen LogP contribution in [0.5, 0.6) is 0 Å². The van der Waals surface area contributed by atoms with Crippen LogP contribution in [0.2, 0.25) is 0 Å². The highest BCUT2D eigenvalue weighted by Crippen LogP contribution is 2.32. The van der Waals surface area contributed by atoms with Crippen molar-refractivity contribution in [2.45, 2.75) is 12.2 Å². The zero-order chi connectivity index (χ0) is 18.6. The van der Waals surface area contributed by atoms with E-state index in [1.165, 1.54) is 6.07 Å². The van der Waals surface area contributed by atoms with Gasteiger partial charge >= 0.3 is 6.18 Å². The summed E-state index contributed by atoms with van der Waals surface area (Å²) < 4.78 is 39.2. The second-order valence-electron chi connectivity index (χ2n) is 5.81. The molecular weight excluding hydrogens is 339 g/mol. The molecule has 1 atom stereocenters. The van der Waals surface area contributed by atoms with Crippen LogP contribution >= 0.6 is 0 Å². The van der Waals surface area contributed by atoms with Crippen LogP contribution in [0.25, 0.3) is 0 Å². The van der Waals surface area contributed by atoms with Gasteiger partial charge in [0.1, 0.15) is 0 Å². The molecule has 1 N–H and O–H groups in total. The molecule has 0 radical (unpaired) electrons. The summed E-state index contributed by atoms with van der Waals surface area (Å²) in [6.07, 6.45) is -4.44. The molecule has 0 spiro atoms. The zero-order valence-corrected chi connectivity index (χ0v) is 13.7. The minimum Gasteiger partial charge on any atom is -0.341 e.